The van der Waals surface area contributed by atoms with Crippen molar-refractivity contribution in [3.05, 3.63) is 33.8 Å². The minimum absolute atomic E-state index is 0.0313. The maximum absolute atomic E-state index is 12.2. The second-order valence-corrected chi connectivity index (χ2v) is 10.4. The first kappa shape index (κ1) is 19.5. The lowest BCUT2D eigenvalue weighted by molar-refractivity contribution is -0.123. The van der Waals surface area contributed by atoms with Crippen LogP contribution in [0.25, 0.3) is 0 Å². The third-order valence-electron chi connectivity index (χ3n) is 4.57. The first-order valence-electron chi connectivity index (χ1n) is 8.90. The number of benzene rings is 1. The number of thioether (sulfide) groups is 1. The van der Waals surface area contributed by atoms with Crippen molar-refractivity contribution in [2.24, 2.45) is 10.4 Å². The number of hydrogen-bond donors (Lipinski definition) is 2. The molecule has 0 fully saturated rings. The Balaban J connectivity index is 1.52. The molecule has 148 valence electrons. The maximum atomic E-state index is 12.2. The lowest BCUT2D eigenvalue weighted by Crippen LogP contribution is -2.27. The quantitative estimate of drug-likeness (QED) is 0.710. The molecule has 0 saturated heterocycles. The van der Waals surface area contributed by atoms with Crippen molar-refractivity contribution in [3.8, 4) is 5.75 Å². The first-order chi connectivity index (χ1) is 13.2. The molecule has 1 aromatic heterocycles. The third kappa shape index (κ3) is 3.73. The number of hydrogen-bond acceptors (Lipinski definition) is 7. The van der Waals surface area contributed by atoms with E-state index in [1.165, 1.54) is 11.3 Å². The summed E-state index contributed by atoms with van der Waals surface area (Å²) >= 11 is 9.35. The van der Waals surface area contributed by atoms with Crippen LogP contribution < -0.4 is 15.4 Å². The number of aromatic nitrogens is 1. The molecule has 28 heavy (non-hydrogen) atoms. The third-order valence-corrected chi connectivity index (χ3v) is 7.04. The molecule has 2 N–H and O–H groups in total. The van der Waals surface area contributed by atoms with Crippen LogP contribution in [0.5, 0.6) is 5.75 Å². The van der Waals surface area contributed by atoms with Crippen LogP contribution in [0.2, 0.25) is 5.02 Å². The van der Waals surface area contributed by atoms with Crippen LogP contribution in [-0.2, 0) is 11.2 Å². The van der Waals surface area contributed by atoms with E-state index in [1.54, 1.807) is 24.9 Å². The minimum Gasteiger partial charge on any atom is -0.495 e. The van der Waals surface area contributed by atoms with E-state index in [2.05, 4.69) is 15.6 Å². The number of ether oxygens (including phenoxy) is 1. The van der Waals surface area contributed by atoms with Gasteiger partial charge in [0.25, 0.3) is 0 Å². The van der Waals surface area contributed by atoms with Gasteiger partial charge in [-0.25, -0.2) is 4.98 Å². The molecule has 0 saturated carbocycles. The SMILES string of the molecule is COc1ccc(Cl)cc1NC1=NC2c3sc(NC(=O)C(C)(C)C)nc3CC2S1. The Kier molecular flexibility index (Phi) is 5.05. The Morgan fingerprint density at radius 1 is 1.36 bits per heavy atom. The number of aliphatic imine (C=N–C) groups is 1. The number of nitrogens with zero attached hydrogens (tertiary/aromatic N) is 2. The summed E-state index contributed by atoms with van der Waals surface area (Å²) in [6.07, 6.45) is 0.841. The molecule has 1 amide bonds. The fourth-order valence-corrected chi connectivity index (χ4v) is 5.60. The van der Waals surface area contributed by atoms with Crippen molar-refractivity contribution in [2.75, 3.05) is 17.7 Å². The summed E-state index contributed by atoms with van der Waals surface area (Å²) in [5.74, 6) is 0.687. The van der Waals surface area contributed by atoms with E-state index in [1.807, 2.05) is 32.9 Å². The van der Waals surface area contributed by atoms with Crippen molar-refractivity contribution < 1.29 is 9.53 Å². The van der Waals surface area contributed by atoms with Crippen molar-refractivity contribution in [1.29, 1.82) is 0 Å². The predicted octanol–water partition coefficient (Wildman–Crippen LogP) is 4.97. The number of nitrogens with one attached hydrogen (secondary N) is 2. The number of carbonyl (C=O) groups is 1. The molecular formula is C19H21ClN4O2S2. The number of fused-ring (bicyclic) bond motifs is 3. The molecule has 1 aromatic carbocycles. The van der Waals surface area contributed by atoms with Gasteiger partial charge in [0.05, 0.1) is 23.4 Å². The number of thiazole rings is 1. The van der Waals surface area contributed by atoms with Gasteiger partial charge in [0, 0.05) is 22.1 Å². The second-order valence-electron chi connectivity index (χ2n) is 7.74. The monoisotopic (exact) mass is 436 g/mol. The Bertz CT molecular complexity index is 967. The smallest absolute Gasteiger partial charge is 0.231 e. The van der Waals surface area contributed by atoms with E-state index in [0.717, 1.165) is 33.6 Å². The number of methoxy groups -OCH3 is 1. The van der Waals surface area contributed by atoms with Crippen molar-refractivity contribution in [3.63, 3.8) is 0 Å². The van der Waals surface area contributed by atoms with Crippen LogP contribution in [0.3, 0.4) is 0 Å². The summed E-state index contributed by atoms with van der Waals surface area (Å²) in [6.45, 7) is 5.67. The van der Waals surface area contributed by atoms with Gasteiger partial charge < -0.3 is 15.4 Å². The molecule has 2 heterocycles. The summed E-state index contributed by atoms with van der Waals surface area (Å²) in [5.41, 5.74) is 1.39. The molecule has 6 nitrogen and oxygen atoms in total. The lowest BCUT2D eigenvalue weighted by Gasteiger charge is -2.16. The summed E-state index contributed by atoms with van der Waals surface area (Å²) in [5, 5.41) is 8.73. The normalized spacial score (nSPS) is 20.4. The molecular weight excluding hydrogens is 416 g/mol. The van der Waals surface area contributed by atoms with Crippen molar-refractivity contribution >= 4 is 56.6 Å². The first-order valence-corrected chi connectivity index (χ1v) is 11.0. The summed E-state index contributed by atoms with van der Waals surface area (Å²) in [4.78, 5) is 22.8. The molecule has 9 heteroatoms. The Hall–Kier alpha value is -1.77. The van der Waals surface area contributed by atoms with Crippen LogP contribution in [0.1, 0.15) is 37.4 Å². The van der Waals surface area contributed by atoms with E-state index in [-0.39, 0.29) is 11.9 Å². The number of carbonyl (C=O) groups excluding carboxylic acids is 1. The van der Waals surface area contributed by atoms with Gasteiger partial charge in [0.2, 0.25) is 5.91 Å². The summed E-state index contributed by atoms with van der Waals surface area (Å²) < 4.78 is 5.40. The van der Waals surface area contributed by atoms with E-state index in [4.69, 9.17) is 21.3 Å². The molecule has 0 radical (unpaired) electrons. The molecule has 1 aliphatic heterocycles. The number of rotatable bonds is 3. The molecule has 2 unspecified atom stereocenters. The lowest BCUT2D eigenvalue weighted by atomic mass is 9.96. The number of amides is 1. The highest BCUT2D eigenvalue weighted by Gasteiger charge is 2.41. The van der Waals surface area contributed by atoms with Crippen LogP contribution in [0.4, 0.5) is 10.8 Å². The second kappa shape index (κ2) is 7.24. The van der Waals surface area contributed by atoms with Gasteiger partial charge in [-0.3, -0.25) is 9.79 Å². The summed E-state index contributed by atoms with van der Waals surface area (Å²) in [6, 6.07) is 5.51. The minimum atomic E-state index is -0.451. The van der Waals surface area contributed by atoms with Gasteiger partial charge in [-0.2, -0.15) is 0 Å². The zero-order valence-electron chi connectivity index (χ0n) is 16.0. The van der Waals surface area contributed by atoms with Gasteiger partial charge >= 0.3 is 0 Å². The van der Waals surface area contributed by atoms with E-state index in [0.29, 0.717) is 15.4 Å². The maximum Gasteiger partial charge on any atom is 0.231 e. The van der Waals surface area contributed by atoms with Crippen LogP contribution in [0.15, 0.2) is 23.2 Å². The molecule has 2 atom stereocenters. The molecule has 0 spiro atoms. The fourth-order valence-electron chi connectivity index (χ4n) is 3.05. The highest BCUT2D eigenvalue weighted by atomic mass is 35.5. The van der Waals surface area contributed by atoms with Gasteiger partial charge in [-0.05, 0) is 18.2 Å². The zero-order valence-corrected chi connectivity index (χ0v) is 18.4. The molecule has 0 bridgehead atoms. The van der Waals surface area contributed by atoms with E-state index < -0.39 is 5.41 Å². The Morgan fingerprint density at radius 3 is 2.86 bits per heavy atom. The largest absolute Gasteiger partial charge is 0.495 e. The molecule has 1 aliphatic carbocycles. The topological polar surface area (TPSA) is 75.6 Å². The average molecular weight is 437 g/mol. The highest BCUT2D eigenvalue weighted by molar-refractivity contribution is 8.15. The number of anilines is 2. The van der Waals surface area contributed by atoms with Gasteiger partial charge in [0.1, 0.15) is 11.8 Å². The standard InChI is InChI=1S/C19H21ClN4O2S2/c1-19(2,3)16(25)24-18-22-11-8-13-14(15(11)28-18)23-17(27-13)21-10-7-9(20)5-6-12(10)26-4/h5-7,13-14H,8H2,1-4H3,(H,21,23)(H,22,24,25). The zero-order chi connectivity index (χ0) is 20.1. The van der Waals surface area contributed by atoms with Crippen LogP contribution in [-0.4, -0.2) is 28.4 Å². The van der Waals surface area contributed by atoms with Crippen molar-refractivity contribution in [2.45, 2.75) is 38.5 Å². The molecule has 4 rings (SSSR count). The molecule has 2 aliphatic rings. The van der Waals surface area contributed by atoms with Crippen LogP contribution in [0, 0.1) is 5.41 Å². The summed E-state index contributed by atoms with van der Waals surface area (Å²) in [7, 11) is 1.63. The Labute approximate surface area is 177 Å². The average Bonchev–Trinajstić information content (AvgIpc) is 3.25. The van der Waals surface area contributed by atoms with Crippen molar-refractivity contribution in [1.82, 2.24) is 4.98 Å². The van der Waals surface area contributed by atoms with E-state index in [9.17, 15) is 4.79 Å². The van der Waals surface area contributed by atoms with Gasteiger partial charge in [-0.15, -0.1) is 0 Å². The predicted molar refractivity (Wildman–Crippen MR) is 117 cm³/mol. The Morgan fingerprint density at radius 2 is 2.14 bits per heavy atom. The highest BCUT2D eigenvalue weighted by Crippen LogP contribution is 2.49. The van der Waals surface area contributed by atoms with E-state index >= 15 is 0 Å². The number of halogens is 1. The molecule has 2 aromatic rings. The van der Waals surface area contributed by atoms with Gasteiger partial charge in [-0.1, -0.05) is 55.5 Å². The number of amidine groups is 1. The van der Waals surface area contributed by atoms with Gasteiger partial charge in [0.15, 0.2) is 10.3 Å². The fraction of sp³-hybridized carbons (Fsp3) is 0.421. The van der Waals surface area contributed by atoms with Crippen LogP contribution >= 0.6 is 34.7 Å².